The van der Waals surface area contributed by atoms with E-state index in [9.17, 15) is 14.4 Å². The molecule has 4 aromatic carbocycles. The normalized spacial score (nSPS) is 12.1. The van der Waals surface area contributed by atoms with Gasteiger partial charge in [-0.25, -0.2) is 14.4 Å². The average Bonchev–Trinajstić information content (AvgIpc) is 3.07. The number of ether oxygens (including phenoxy) is 3. The zero-order valence-corrected chi connectivity index (χ0v) is 27.1. The van der Waals surface area contributed by atoms with E-state index in [1.54, 1.807) is 24.3 Å². The van der Waals surface area contributed by atoms with Gasteiger partial charge in [-0.1, -0.05) is 142 Å². The van der Waals surface area contributed by atoms with Crippen molar-refractivity contribution in [2.45, 2.75) is 45.1 Å². The van der Waals surface area contributed by atoms with E-state index >= 15 is 0 Å². The molecule has 9 heteroatoms. The number of amides is 2. The zero-order valence-electron chi connectivity index (χ0n) is 26.1. The Balaban J connectivity index is 1.72. The van der Waals surface area contributed by atoms with Gasteiger partial charge in [0.15, 0.2) is 6.04 Å². The number of imide groups is 1. The molecule has 4 aromatic rings. The predicted molar refractivity (Wildman–Crippen MR) is 174 cm³/mol. The van der Waals surface area contributed by atoms with Gasteiger partial charge in [0.25, 0.3) is 8.32 Å². The molecular formula is C36H39NO7Si. The second kappa shape index (κ2) is 15.3. The van der Waals surface area contributed by atoms with Crippen molar-refractivity contribution in [1.29, 1.82) is 0 Å². The van der Waals surface area contributed by atoms with Crippen molar-refractivity contribution in [3.8, 4) is 0 Å². The van der Waals surface area contributed by atoms with Crippen LogP contribution in [0.15, 0.2) is 121 Å². The van der Waals surface area contributed by atoms with Crippen molar-refractivity contribution in [3.63, 3.8) is 0 Å². The van der Waals surface area contributed by atoms with Crippen molar-refractivity contribution in [3.05, 3.63) is 132 Å². The maximum Gasteiger partial charge on any atom is 0.420 e. The Morgan fingerprint density at radius 3 is 1.38 bits per heavy atom. The summed E-state index contributed by atoms with van der Waals surface area (Å²) >= 11 is 0. The Morgan fingerprint density at radius 1 is 0.644 bits per heavy atom. The van der Waals surface area contributed by atoms with Gasteiger partial charge in [0.1, 0.15) is 13.2 Å². The Labute approximate surface area is 265 Å². The molecule has 0 fully saturated rings. The third-order valence-electron chi connectivity index (χ3n) is 7.46. The number of methoxy groups -OCH3 is 1. The summed E-state index contributed by atoms with van der Waals surface area (Å²) in [5, 5.41) is 1.51. The molecule has 45 heavy (non-hydrogen) atoms. The minimum absolute atomic E-state index is 0.119. The number of carbonyl (C=O) groups excluding carboxylic acids is 3. The lowest BCUT2D eigenvalue weighted by molar-refractivity contribution is -0.147. The SMILES string of the molecule is COC(=O)[C@H](CO[Si](c1ccccc1)(c1ccccc1)C(C)(C)C)N(C(=O)OCc1ccccc1)C(=O)OCc1ccccc1. The van der Waals surface area contributed by atoms with E-state index < -0.39 is 37.6 Å². The van der Waals surface area contributed by atoms with E-state index in [2.05, 4.69) is 20.8 Å². The molecule has 234 valence electrons. The molecule has 1 atom stereocenters. The second-order valence-corrected chi connectivity index (χ2v) is 15.8. The molecule has 0 radical (unpaired) electrons. The third kappa shape index (κ3) is 8.06. The molecule has 0 unspecified atom stereocenters. The summed E-state index contributed by atoms with van der Waals surface area (Å²) in [6.07, 6.45) is -2.11. The number of esters is 1. The van der Waals surface area contributed by atoms with Gasteiger partial charge in [-0.15, -0.1) is 0 Å². The standard InChI is InChI=1S/C36H39NO7Si/c1-36(2,3)45(30-21-13-7-14-22-30,31-23-15-8-16-24-31)44-27-32(33(38)41-4)37(34(39)42-25-28-17-9-5-10-18-28)35(40)43-26-29-19-11-6-12-20-29/h5-24,32H,25-27H2,1-4H3/t32-/m0/s1. The summed E-state index contributed by atoms with van der Waals surface area (Å²) < 4.78 is 23.1. The quantitative estimate of drug-likeness (QED) is 0.113. The fourth-order valence-corrected chi connectivity index (χ4v) is 9.82. The van der Waals surface area contributed by atoms with Gasteiger partial charge in [-0.05, 0) is 26.5 Å². The first-order valence-corrected chi connectivity index (χ1v) is 16.6. The number of benzene rings is 4. The molecule has 0 spiro atoms. The van der Waals surface area contributed by atoms with Crippen molar-refractivity contribution in [2.75, 3.05) is 13.7 Å². The molecule has 2 amide bonds. The van der Waals surface area contributed by atoms with E-state index in [4.69, 9.17) is 18.6 Å². The van der Waals surface area contributed by atoms with Crippen molar-refractivity contribution in [2.24, 2.45) is 0 Å². The number of carbonyl (C=O) groups is 3. The summed E-state index contributed by atoms with van der Waals surface area (Å²) in [5.41, 5.74) is 1.42. The van der Waals surface area contributed by atoms with Crippen LogP contribution in [0.1, 0.15) is 31.9 Å². The molecule has 0 bridgehead atoms. The summed E-state index contributed by atoms with van der Waals surface area (Å²) in [4.78, 5) is 41.4. The Morgan fingerprint density at radius 2 is 1.02 bits per heavy atom. The molecule has 4 rings (SSSR count). The minimum atomic E-state index is -3.17. The van der Waals surface area contributed by atoms with Gasteiger partial charge in [0.05, 0.1) is 13.7 Å². The van der Waals surface area contributed by atoms with Gasteiger partial charge < -0.3 is 18.6 Å². The fourth-order valence-electron chi connectivity index (χ4n) is 5.26. The van der Waals surface area contributed by atoms with Gasteiger partial charge in [-0.2, -0.15) is 4.90 Å². The van der Waals surface area contributed by atoms with Gasteiger partial charge in [0.2, 0.25) is 0 Å². The van der Waals surface area contributed by atoms with Crippen LogP contribution >= 0.6 is 0 Å². The largest absolute Gasteiger partial charge is 0.467 e. The third-order valence-corrected chi connectivity index (χ3v) is 12.5. The zero-order chi connectivity index (χ0) is 32.3. The maximum atomic E-state index is 13.6. The first-order chi connectivity index (χ1) is 21.7. The van der Waals surface area contributed by atoms with Gasteiger partial charge in [-0.3, -0.25) is 0 Å². The summed E-state index contributed by atoms with van der Waals surface area (Å²) in [5.74, 6) is -0.846. The van der Waals surface area contributed by atoms with Gasteiger partial charge >= 0.3 is 18.2 Å². The molecule has 0 aliphatic carbocycles. The highest BCUT2D eigenvalue weighted by atomic mass is 28.4. The summed E-state index contributed by atoms with van der Waals surface area (Å²) in [6, 6.07) is 36.3. The van der Waals surface area contributed by atoms with Crippen LogP contribution in [-0.2, 0) is 36.6 Å². The first-order valence-electron chi connectivity index (χ1n) is 14.7. The lowest BCUT2D eigenvalue weighted by Gasteiger charge is -2.43. The van der Waals surface area contributed by atoms with Crippen LogP contribution in [0.25, 0.3) is 0 Å². The molecule has 0 heterocycles. The highest BCUT2D eigenvalue weighted by Crippen LogP contribution is 2.37. The van der Waals surface area contributed by atoms with Crippen LogP contribution in [0, 0.1) is 0 Å². The lowest BCUT2D eigenvalue weighted by Crippen LogP contribution is -2.68. The predicted octanol–water partition coefficient (Wildman–Crippen LogP) is 6.08. The van der Waals surface area contributed by atoms with E-state index in [0.29, 0.717) is 16.0 Å². The van der Waals surface area contributed by atoms with Crippen LogP contribution in [-0.4, -0.2) is 51.1 Å². The Bertz CT molecular complexity index is 1430. The van der Waals surface area contributed by atoms with Crippen molar-refractivity contribution in [1.82, 2.24) is 4.90 Å². The minimum Gasteiger partial charge on any atom is -0.467 e. The van der Waals surface area contributed by atoms with Crippen LogP contribution in [0.3, 0.4) is 0 Å². The lowest BCUT2D eigenvalue weighted by atomic mass is 10.2. The number of hydrogen-bond acceptors (Lipinski definition) is 7. The maximum absolute atomic E-state index is 13.6. The number of hydrogen-bond donors (Lipinski definition) is 0. The molecule has 0 saturated carbocycles. The number of rotatable bonds is 11. The smallest absolute Gasteiger partial charge is 0.420 e. The second-order valence-electron chi connectivity index (χ2n) is 11.5. The molecule has 0 aliphatic rings. The molecule has 8 nitrogen and oxygen atoms in total. The van der Waals surface area contributed by atoms with E-state index in [1.165, 1.54) is 7.11 Å². The van der Waals surface area contributed by atoms with E-state index in [0.717, 1.165) is 10.4 Å². The van der Waals surface area contributed by atoms with E-state index in [-0.39, 0.29) is 19.8 Å². The Kier molecular flexibility index (Phi) is 11.3. The van der Waals surface area contributed by atoms with Gasteiger partial charge in [0, 0.05) is 0 Å². The highest BCUT2D eigenvalue weighted by molar-refractivity contribution is 6.99. The fraction of sp³-hybridized carbons (Fsp3) is 0.250. The molecule has 0 aromatic heterocycles. The van der Waals surface area contributed by atoms with Crippen LogP contribution in [0.2, 0.25) is 5.04 Å². The molecule has 0 N–H and O–H groups in total. The monoisotopic (exact) mass is 625 g/mol. The molecule has 0 aliphatic heterocycles. The molecule has 0 saturated heterocycles. The molecular weight excluding hydrogens is 586 g/mol. The van der Waals surface area contributed by atoms with Crippen molar-refractivity contribution < 1.29 is 33.0 Å². The summed E-state index contributed by atoms with van der Waals surface area (Å²) in [6.45, 7) is 5.68. The summed E-state index contributed by atoms with van der Waals surface area (Å²) in [7, 11) is -1.97. The average molecular weight is 626 g/mol. The topological polar surface area (TPSA) is 91.4 Å². The first kappa shape index (κ1) is 33.2. The van der Waals surface area contributed by atoms with Crippen molar-refractivity contribution >= 4 is 36.8 Å². The van der Waals surface area contributed by atoms with Crippen LogP contribution < -0.4 is 10.4 Å². The van der Waals surface area contributed by atoms with Crippen LogP contribution in [0.4, 0.5) is 9.59 Å². The van der Waals surface area contributed by atoms with Crippen LogP contribution in [0.5, 0.6) is 0 Å². The highest BCUT2D eigenvalue weighted by Gasteiger charge is 2.51. The van der Waals surface area contributed by atoms with E-state index in [1.807, 2.05) is 97.1 Å². The Hall–Kier alpha value is -4.73. The number of nitrogens with zero attached hydrogens (tertiary/aromatic N) is 1.